The van der Waals surface area contributed by atoms with Crippen molar-refractivity contribution in [2.75, 3.05) is 17.7 Å². The Morgan fingerprint density at radius 3 is 2.96 bits per heavy atom. The van der Waals surface area contributed by atoms with E-state index in [0.29, 0.717) is 25.9 Å². The summed E-state index contributed by atoms with van der Waals surface area (Å²) in [5.74, 6) is -0.517. The predicted octanol–water partition coefficient (Wildman–Crippen LogP) is 3.89. The van der Waals surface area contributed by atoms with Crippen molar-refractivity contribution in [1.29, 1.82) is 0 Å². The molecule has 0 saturated heterocycles. The summed E-state index contributed by atoms with van der Waals surface area (Å²) in [5, 5.41) is 4.30. The molecular formula is C16H15ClN4O3S2. The minimum absolute atomic E-state index is 0.154. The quantitative estimate of drug-likeness (QED) is 0.472. The van der Waals surface area contributed by atoms with Gasteiger partial charge in [0.1, 0.15) is 4.88 Å². The number of ether oxygens (including phenoxy) is 1. The van der Waals surface area contributed by atoms with Gasteiger partial charge in [-0.3, -0.25) is 4.79 Å². The molecule has 0 unspecified atom stereocenters. The number of esters is 1. The predicted molar refractivity (Wildman–Crippen MR) is 103 cm³/mol. The summed E-state index contributed by atoms with van der Waals surface area (Å²) in [5.41, 5.74) is 2.13. The number of imidazole rings is 1. The Balaban J connectivity index is 1.60. The van der Waals surface area contributed by atoms with E-state index in [1.54, 1.807) is 26.0 Å². The molecule has 0 atom stereocenters. The lowest BCUT2D eigenvalue weighted by Crippen LogP contribution is -2.13. The minimum Gasteiger partial charge on any atom is -0.462 e. The first-order valence-corrected chi connectivity index (χ1v) is 9.86. The third-order valence-corrected chi connectivity index (χ3v) is 5.43. The molecule has 10 heteroatoms. The highest BCUT2D eigenvalue weighted by Crippen LogP contribution is 2.25. The number of nitrogens with zero attached hydrogens (tertiary/aromatic N) is 2. The number of carbonyl (C=O) groups excluding carboxylic acids is 2. The zero-order chi connectivity index (χ0) is 18.7. The maximum absolute atomic E-state index is 12.1. The third-order valence-electron chi connectivity index (χ3n) is 3.27. The molecule has 3 aromatic rings. The molecule has 0 spiro atoms. The van der Waals surface area contributed by atoms with Crippen molar-refractivity contribution in [2.24, 2.45) is 0 Å². The van der Waals surface area contributed by atoms with E-state index < -0.39 is 5.97 Å². The number of aromatic nitrogens is 3. The van der Waals surface area contributed by atoms with E-state index in [1.165, 1.54) is 11.8 Å². The fourth-order valence-electron chi connectivity index (χ4n) is 2.15. The zero-order valence-corrected chi connectivity index (χ0v) is 16.3. The Labute approximate surface area is 162 Å². The number of halogens is 1. The highest BCUT2D eigenvalue weighted by atomic mass is 35.5. The smallest absolute Gasteiger partial charge is 0.350 e. The molecule has 1 amide bonds. The summed E-state index contributed by atoms with van der Waals surface area (Å²) in [6, 6.07) is 5.36. The van der Waals surface area contributed by atoms with E-state index in [2.05, 4.69) is 20.3 Å². The van der Waals surface area contributed by atoms with E-state index in [0.717, 1.165) is 22.4 Å². The number of carbonyl (C=O) groups is 2. The zero-order valence-electron chi connectivity index (χ0n) is 14.0. The molecule has 0 saturated carbocycles. The van der Waals surface area contributed by atoms with Gasteiger partial charge in [0, 0.05) is 5.02 Å². The van der Waals surface area contributed by atoms with E-state index in [4.69, 9.17) is 16.3 Å². The van der Waals surface area contributed by atoms with E-state index in [1.807, 2.05) is 6.07 Å². The maximum Gasteiger partial charge on any atom is 0.350 e. The molecule has 3 rings (SSSR count). The summed E-state index contributed by atoms with van der Waals surface area (Å²) in [4.78, 5) is 36.0. The highest BCUT2D eigenvalue weighted by Gasteiger charge is 2.17. The van der Waals surface area contributed by atoms with Crippen LogP contribution < -0.4 is 5.32 Å². The number of fused-ring (bicyclic) bond motifs is 1. The monoisotopic (exact) mass is 410 g/mol. The average Bonchev–Trinajstić information content (AvgIpc) is 3.15. The lowest BCUT2D eigenvalue weighted by Gasteiger charge is -1.99. The summed E-state index contributed by atoms with van der Waals surface area (Å²) >= 11 is 8.31. The van der Waals surface area contributed by atoms with Crippen LogP contribution in [0.15, 0.2) is 23.4 Å². The SMILES string of the molecule is CCOC(=O)c1sc(NC(=O)CSc2nc3ccc(Cl)cc3[nH]2)nc1C. The van der Waals surface area contributed by atoms with Gasteiger partial charge < -0.3 is 15.0 Å². The normalized spacial score (nSPS) is 10.9. The molecular weight excluding hydrogens is 396 g/mol. The van der Waals surface area contributed by atoms with Crippen LogP contribution in [0.25, 0.3) is 11.0 Å². The van der Waals surface area contributed by atoms with Crippen LogP contribution in [0, 0.1) is 6.92 Å². The number of thioether (sulfide) groups is 1. The summed E-state index contributed by atoms with van der Waals surface area (Å²) < 4.78 is 4.96. The third kappa shape index (κ3) is 4.35. The molecule has 0 fully saturated rings. The van der Waals surface area contributed by atoms with Gasteiger partial charge in [-0.1, -0.05) is 34.7 Å². The second kappa shape index (κ2) is 8.07. The Hall–Kier alpha value is -2.10. The Kier molecular flexibility index (Phi) is 5.80. The molecule has 26 heavy (non-hydrogen) atoms. The molecule has 1 aromatic carbocycles. The van der Waals surface area contributed by atoms with Crippen LogP contribution >= 0.6 is 34.7 Å². The van der Waals surface area contributed by atoms with E-state index in [9.17, 15) is 9.59 Å². The van der Waals surface area contributed by atoms with Gasteiger partial charge in [0.05, 0.1) is 29.1 Å². The van der Waals surface area contributed by atoms with Crippen molar-refractivity contribution < 1.29 is 14.3 Å². The molecule has 2 heterocycles. The summed E-state index contributed by atoms with van der Waals surface area (Å²) in [7, 11) is 0. The van der Waals surface area contributed by atoms with Gasteiger partial charge in [0.15, 0.2) is 10.3 Å². The van der Waals surface area contributed by atoms with Crippen LogP contribution in [0.3, 0.4) is 0 Å². The van der Waals surface area contributed by atoms with Crippen LogP contribution in [0.1, 0.15) is 22.3 Å². The summed E-state index contributed by atoms with van der Waals surface area (Å²) in [6.07, 6.45) is 0. The van der Waals surface area contributed by atoms with Gasteiger partial charge in [-0.05, 0) is 32.0 Å². The van der Waals surface area contributed by atoms with E-state index in [-0.39, 0.29) is 18.3 Å². The first kappa shape index (κ1) is 18.7. The van der Waals surface area contributed by atoms with Crippen molar-refractivity contribution in [1.82, 2.24) is 15.0 Å². The van der Waals surface area contributed by atoms with Crippen LogP contribution in [0.2, 0.25) is 5.02 Å². The van der Waals surface area contributed by atoms with Gasteiger partial charge >= 0.3 is 5.97 Å². The molecule has 0 aliphatic carbocycles. The second-order valence-corrected chi connectivity index (χ2v) is 7.59. The Morgan fingerprint density at radius 1 is 1.38 bits per heavy atom. The van der Waals surface area contributed by atoms with Crippen LogP contribution in [0.5, 0.6) is 0 Å². The van der Waals surface area contributed by atoms with Crippen molar-refractivity contribution in [3.63, 3.8) is 0 Å². The van der Waals surface area contributed by atoms with Crippen LogP contribution in [-0.2, 0) is 9.53 Å². The van der Waals surface area contributed by atoms with Gasteiger partial charge in [-0.2, -0.15) is 0 Å². The molecule has 2 N–H and O–H groups in total. The number of thiazole rings is 1. The molecule has 0 bridgehead atoms. The molecule has 2 aromatic heterocycles. The van der Waals surface area contributed by atoms with Crippen LogP contribution in [0.4, 0.5) is 5.13 Å². The first-order valence-electron chi connectivity index (χ1n) is 7.68. The molecule has 0 aliphatic heterocycles. The number of amides is 1. The first-order chi connectivity index (χ1) is 12.5. The van der Waals surface area contributed by atoms with Gasteiger partial charge in [0.2, 0.25) is 5.91 Å². The van der Waals surface area contributed by atoms with Crippen molar-refractivity contribution in [3.8, 4) is 0 Å². The standard InChI is InChI=1S/C16H15ClN4O3S2/c1-3-24-14(23)13-8(2)18-16(26-13)21-12(22)7-25-15-19-10-5-4-9(17)6-11(10)20-15/h4-6H,3,7H2,1-2H3,(H,19,20)(H,18,21,22). The minimum atomic E-state index is -0.432. The summed E-state index contributed by atoms with van der Waals surface area (Å²) in [6.45, 7) is 3.73. The number of hydrogen-bond acceptors (Lipinski definition) is 7. The molecule has 0 aliphatic rings. The average molecular weight is 411 g/mol. The Morgan fingerprint density at radius 2 is 2.19 bits per heavy atom. The van der Waals surface area contributed by atoms with Crippen molar-refractivity contribution >= 4 is 62.7 Å². The topological polar surface area (TPSA) is 97.0 Å². The fraction of sp³-hybridized carbons (Fsp3) is 0.250. The number of aromatic amines is 1. The van der Waals surface area contributed by atoms with Crippen LogP contribution in [-0.4, -0.2) is 39.2 Å². The molecule has 7 nitrogen and oxygen atoms in total. The Bertz CT molecular complexity index is 970. The van der Waals surface area contributed by atoms with Crippen molar-refractivity contribution in [3.05, 3.63) is 33.8 Å². The number of hydrogen-bond donors (Lipinski definition) is 2. The lowest BCUT2D eigenvalue weighted by molar-refractivity contribution is -0.113. The number of nitrogens with one attached hydrogen (secondary N) is 2. The molecule has 136 valence electrons. The number of H-pyrrole nitrogens is 1. The molecule has 0 radical (unpaired) electrons. The maximum atomic E-state index is 12.1. The number of benzene rings is 1. The van der Waals surface area contributed by atoms with Gasteiger partial charge in [-0.25, -0.2) is 14.8 Å². The largest absolute Gasteiger partial charge is 0.462 e. The van der Waals surface area contributed by atoms with Gasteiger partial charge in [0.25, 0.3) is 0 Å². The number of anilines is 1. The highest BCUT2D eigenvalue weighted by molar-refractivity contribution is 7.99. The fourth-order valence-corrected chi connectivity index (χ4v) is 3.89. The van der Waals surface area contributed by atoms with E-state index >= 15 is 0 Å². The number of aryl methyl sites for hydroxylation is 1. The second-order valence-electron chi connectivity index (χ2n) is 5.19. The van der Waals surface area contributed by atoms with Gasteiger partial charge in [-0.15, -0.1) is 0 Å². The number of rotatable bonds is 6. The lowest BCUT2D eigenvalue weighted by atomic mass is 10.3. The van der Waals surface area contributed by atoms with Crippen molar-refractivity contribution in [2.45, 2.75) is 19.0 Å².